The zero-order valence-electron chi connectivity index (χ0n) is 10.5. The van der Waals surface area contributed by atoms with E-state index in [9.17, 15) is 16.8 Å². The summed E-state index contributed by atoms with van der Waals surface area (Å²) in [5.74, 6) is 0.0589. The van der Waals surface area contributed by atoms with E-state index in [1.165, 1.54) is 11.4 Å². The predicted molar refractivity (Wildman–Crippen MR) is 69.6 cm³/mol. The van der Waals surface area contributed by atoms with Crippen LogP contribution in [0, 0.1) is 0 Å². The van der Waals surface area contributed by atoms with Crippen molar-refractivity contribution in [3.05, 3.63) is 0 Å². The van der Waals surface area contributed by atoms with Gasteiger partial charge in [-0.25, -0.2) is 21.1 Å². The van der Waals surface area contributed by atoms with E-state index in [2.05, 4.69) is 5.32 Å². The molecule has 0 aromatic rings. The summed E-state index contributed by atoms with van der Waals surface area (Å²) in [6.45, 7) is 1.32. The minimum Gasteiger partial charge on any atom is -0.315 e. The first-order valence-corrected chi connectivity index (χ1v) is 9.53. The van der Waals surface area contributed by atoms with E-state index >= 15 is 0 Å². The third-order valence-corrected chi connectivity index (χ3v) is 7.89. The molecule has 0 saturated carbocycles. The van der Waals surface area contributed by atoms with Crippen molar-refractivity contribution in [1.29, 1.82) is 0 Å². The fourth-order valence-electron chi connectivity index (χ4n) is 2.58. The molecule has 18 heavy (non-hydrogen) atoms. The normalized spacial score (nSPS) is 32.8. The second-order valence-corrected chi connectivity index (χ2v) is 9.59. The molecule has 8 heteroatoms. The number of nitrogens with zero attached hydrogens (tertiary/aromatic N) is 1. The molecule has 1 N–H and O–H groups in total. The van der Waals surface area contributed by atoms with Crippen molar-refractivity contribution in [3.63, 3.8) is 0 Å². The molecule has 2 saturated heterocycles. The Bertz CT molecular complexity index is 494. The van der Waals surface area contributed by atoms with Crippen LogP contribution in [0.25, 0.3) is 0 Å². The molecule has 106 valence electrons. The molecule has 0 aliphatic carbocycles. The Labute approximate surface area is 109 Å². The fourth-order valence-corrected chi connectivity index (χ4v) is 6.31. The maximum absolute atomic E-state index is 12.4. The van der Waals surface area contributed by atoms with Gasteiger partial charge in [-0.1, -0.05) is 0 Å². The van der Waals surface area contributed by atoms with Gasteiger partial charge in [0.15, 0.2) is 9.84 Å². The summed E-state index contributed by atoms with van der Waals surface area (Å²) in [6.07, 6.45) is 1.91. The lowest BCUT2D eigenvalue weighted by Gasteiger charge is -2.30. The Morgan fingerprint density at radius 2 is 2.00 bits per heavy atom. The van der Waals surface area contributed by atoms with Crippen molar-refractivity contribution < 1.29 is 16.8 Å². The van der Waals surface area contributed by atoms with Crippen LogP contribution in [0.4, 0.5) is 0 Å². The minimum absolute atomic E-state index is 0.0388. The van der Waals surface area contributed by atoms with Crippen LogP contribution in [0.3, 0.4) is 0 Å². The molecule has 0 aromatic carbocycles. The van der Waals surface area contributed by atoms with Crippen LogP contribution in [-0.2, 0) is 19.9 Å². The molecule has 2 aliphatic heterocycles. The molecule has 2 atom stereocenters. The molecular weight excluding hydrogens is 276 g/mol. The third kappa shape index (κ3) is 2.87. The predicted octanol–water partition coefficient (Wildman–Crippen LogP) is -0.813. The van der Waals surface area contributed by atoms with Crippen LogP contribution < -0.4 is 5.32 Å². The molecule has 2 fully saturated rings. The lowest BCUT2D eigenvalue weighted by molar-refractivity contribution is 0.377. The van der Waals surface area contributed by atoms with Gasteiger partial charge in [0.25, 0.3) is 0 Å². The largest absolute Gasteiger partial charge is 0.315 e. The number of sulfonamides is 1. The Balaban J connectivity index is 2.10. The molecule has 2 aliphatic rings. The van der Waals surface area contributed by atoms with Crippen molar-refractivity contribution in [2.45, 2.75) is 30.6 Å². The molecule has 2 heterocycles. The van der Waals surface area contributed by atoms with E-state index in [-0.39, 0.29) is 17.5 Å². The first-order valence-electron chi connectivity index (χ1n) is 6.21. The van der Waals surface area contributed by atoms with Crippen LogP contribution in [0.1, 0.15) is 19.3 Å². The number of hydrogen-bond donors (Lipinski definition) is 1. The molecule has 0 spiro atoms. The van der Waals surface area contributed by atoms with Gasteiger partial charge in [-0.15, -0.1) is 0 Å². The summed E-state index contributed by atoms with van der Waals surface area (Å²) in [6, 6.07) is -0.387. The number of piperidine rings is 1. The minimum atomic E-state index is -3.39. The van der Waals surface area contributed by atoms with E-state index < -0.39 is 25.1 Å². The average Bonchev–Trinajstić information content (AvgIpc) is 2.69. The van der Waals surface area contributed by atoms with Crippen molar-refractivity contribution >= 4 is 19.9 Å². The summed E-state index contributed by atoms with van der Waals surface area (Å²) in [5, 5.41) is 2.66. The van der Waals surface area contributed by atoms with Crippen LogP contribution in [0.2, 0.25) is 0 Å². The molecule has 0 radical (unpaired) electrons. The molecule has 0 amide bonds. The van der Waals surface area contributed by atoms with Crippen LogP contribution >= 0.6 is 0 Å². The van der Waals surface area contributed by atoms with Crippen LogP contribution in [-0.4, -0.2) is 64.1 Å². The summed E-state index contributed by atoms with van der Waals surface area (Å²) in [5.41, 5.74) is 0. The summed E-state index contributed by atoms with van der Waals surface area (Å²) < 4.78 is 48.9. The highest BCUT2D eigenvalue weighted by Gasteiger charge is 2.39. The van der Waals surface area contributed by atoms with Gasteiger partial charge >= 0.3 is 0 Å². The fraction of sp³-hybridized carbons (Fsp3) is 1.00. The second-order valence-electron chi connectivity index (χ2n) is 5.09. The van der Waals surface area contributed by atoms with Crippen LogP contribution in [0.5, 0.6) is 0 Å². The van der Waals surface area contributed by atoms with Gasteiger partial charge in [0.1, 0.15) is 0 Å². The van der Waals surface area contributed by atoms with Crippen LogP contribution in [0.15, 0.2) is 0 Å². The quantitative estimate of drug-likeness (QED) is 0.736. The molecule has 0 aromatic heterocycles. The van der Waals surface area contributed by atoms with E-state index in [1.54, 1.807) is 0 Å². The Hall–Kier alpha value is -0.180. The molecular formula is C10H20N2O4S2. The van der Waals surface area contributed by atoms with Gasteiger partial charge in [0.05, 0.1) is 16.8 Å². The van der Waals surface area contributed by atoms with Gasteiger partial charge in [-0.05, 0) is 25.8 Å². The average molecular weight is 296 g/mol. The highest BCUT2D eigenvalue weighted by molar-refractivity contribution is 7.92. The van der Waals surface area contributed by atoms with E-state index in [0.717, 1.165) is 13.0 Å². The van der Waals surface area contributed by atoms with Gasteiger partial charge in [-0.2, -0.15) is 0 Å². The molecule has 2 unspecified atom stereocenters. The topological polar surface area (TPSA) is 83.6 Å². The third-order valence-electron chi connectivity index (χ3n) is 3.80. The van der Waals surface area contributed by atoms with Gasteiger partial charge < -0.3 is 5.32 Å². The molecule has 6 nitrogen and oxygen atoms in total. The summed E-state index contributed by atoms with van der Waals surface area (Å²) >= 11 is 0. The Morgan fingerprint density at radius 3 is 2.50 bits per heavy atom. The maximum Gasteiger partial charge on any atom is 0.218 e. The second kappa shape index (κ2) is 5.07. The Kier molecular flexibility index (Phi) is 4.01. The zero-order valence-corrected chi connectivity index (χ0v) is 12.1. The van der Waals surface area contributed by atoms with Crippen molar-refractivity contribution in [3.8, 4) is 0 Å². The zero-order chi connectivity index (χ0) is 13.4. The first kappa shape index (κ1) is 14.2. The molecule has 0 bridgehead atoms. The van der Waals surface area contributed by atoms with Crippen molar-refractivity contribution in [2.24, 2.45) is 0 Å². The van der Waals surface area contributed by atoms with E-state index in [0.29, 0.717) is 19.4 Å². The summed E-state index contributed by atoms with van der Waals surface area (Å²) in [4.78, 5) is 0. The highest BCUT2D eigenvalue weighted by atomic mass is 32.2. The lowest BCUT2D eigenvalue weighted by Crippen LogP contribution is -2.48. The van der Waals surface area contributed by atoms with Crippen molar-refractivity contribution in [1.82, 2.24) is 9.62 Å². The maximum atomic E-state index is 12.4. The summed E-state index contributed by atoms with van der Waals surface area (Å²) in [7, 11) is -4.93. The lowest BCUT2D eigenvalue weighted by atomic mass is 10.2. The molecule has 2 rings (SSSR count). The number of hydrogen-bond acceptors (Lipinski definition) is 5. The number of sulfone groups is 1. The van der Waals surface area contributed by atoms with E-state index in [4.69, 9.17) is 0 Å². The monoisotopic (exact) mass is 296 g/mol. The highest BCUT2D eigenvalue weighted by Crippen LogP contribution is 2.23. The number of nitrogens with one attached hydrogen (secondary N) is 1. The SMILES string of the molecule is CN(C1CCS(=O)(=O)C1)S(=O)(=O)C1CCCNC1. The number of rotatable bonds is 3. The first-order chi connectivity index (χ1) is 8.33. The Morgan fingerprint density at radius 1 is 1.28 bits per heavy atom. The van der Waals surface area contributed by atoms with Crippen molar-refractivity contribution in [2.75, 3.05) is 31.6 Å². The van der Waals surface area contributed by atoms with Gasteiger partial charge in [0, 0.05) is 19.6 Å². The van der Waals surface area contributed by atoms with Gasteiger partial charge in [0.2, 0.25) is 10.0 Å². The van der Waals surface area contributed by atoms with E-state index in [1.807, 2.05) is 0 Å². The smallest absolute Gasteiger partial charge is 0.218 e. The standard InChI is InChI=1S/C10H20N2O4S2/c1-12(9-4-6-17(13,14)8-9)18(15,16)10-3-2-5-11-7-10/h9-11H,2-8H2,1H3. The van der Waals surface area contributed by atoms with Gasteiger partial charge in [-0.3, -0.25) is 0 Å².